The van der Waals surface area contributed by atoms with Gasteiger partial charge in [-0.25, -0.2) is 4.79 Å². The van der Waals surface area contributed by atoms with E-state index < -0.39 is 12.0 Å². The van der Waals surface area contributed by atoms with Crippen LogP contribution in [0.15, 0.2) is 24.3 Å². The molecule has 0 saturated heterocycles. The second-order valence-corrected chi connectivity index (χ2v) is 4.38. The number of rotatable bonds is 8. The highest BCUT2D eigenvalue weighted by Gasteiger charge is 2.02. The van der Waals surface area contributed by atoms with E-state index >= 15 is 0 Å². The van der Waals surface area contributed by atoms with E-state index in [0.29, 0.717) is 11.4 Å². The van der Waals surface area contributed by atoms with Gasteiger partial charge in [0.1, 0.15) is 12.4 Å². The Morgan fingerprint density at radius 3 is 2.59 bits per heavy atom. The van der Waals surface area contributed by atoms with Gasteiger partial charge in [0.25, 0.3) is 0 Å². The van der Waals surface area contributed by atoms with Crippen molar-refractivity contribution in [1.82, 2.24) is 10.6 Å². The van der Waals surface area contributed by atoms with Crippen LogP contribution in [0.5, 0.6) is 5.75 Å². The molecule has 22 heavy (non-hydrogen) atoms. The van der Waals surface area contributed by atoms with Crippen LogP contribution in [0.4, 0.5) is 10.5 Å². The number of aliphatic carboxylic acids is 1. The number of hydrogen-bond donors (Lipinski definition) is 4. The monoisotopic (exact) mass is 309 g/mol. The lowest BCUT2D eigenvalue weighted by atomic mass is 10.3. The number of hydrogen-bond acceptors (Lipinski definition) is 4. The van der Waals surface area contributed by atoms with Crippen molar-refractivity contribution in [3.63, 3.8) is 0 Å². The zero-order valence-electron chi connectivity index (χ0n) is 12.2. The van der Waals surface area contributed by atoms with Crippen molar-refractivity contribution in [3.8, 4) is 5.75 Å². The molecule has 3 amide bonds. The zero-order valence-corrected chi connectivity index (χ0v) is 12.2. The van der Waals surface area contributed by atoms with Gasteiger partial charge in [0, 0.05) is 25.2 Å². The number of carboxylic acid groups (broad SMARTS) is 1. The summed E-state index contributed by atoms with van der Waals surface area (Å²) in [4.78, 5) is 32.5. The van der Waals surface area contributed by atoms with Gasteiger partial charge in [0.2, 0.25) is 5.91 Å². The molecule has 0 atom stereocenters. The fourth-order valence-corrected chi connectivity index (χ4v) is 1.55. The first-order chi connectivity index (χ1) is 10.5. The zero-order chi connectivity index (χ0) is 16.4. The van der Waals surface area contributed by atoms with Crippen LogP contribution in [0.3, 0.4) is 0 Å². The van der Waals surface area contributed by atoms with Gasteiger partial charge in [-0.1, -0.05) is 6.07 Å². The molecule has 0 bridgehead atoms. The van der Waals surface area contributed by atoms with E-state index in [1.165, 1.54) is 6.92 Å². The van der Waals surface area contributed by atoms with E-state index in [2.05, 4.69) is 16.0 Å². The molecule has 0 saturated carbocycles. The van der Waals surface area contributed by atoms with Crippen LogP contribution < -0.4 is 20.7 Å². The summed E-state index contributed by atoms with van der Waals surface area (Å²) in [6, 6.07) is 6.44. The maximum Gasteiger partial charge on any atom is 0.314 e. The number of carbonyl (C=O) groups is 3. The lowest BCUT2D eigenvalue weighted by Gasteiger charge is -2.09. The number of carboxylic acids is 1. The average molecular weight is 309 g/mol. The molecule has 4 N–H and O–H groups in total. The van der Waals surface area contributed by atoms with Crippen molar-refractivity contribution in [2.45, 2.75) is 13.3 Å². The van der Waals surface area contributed by atoms with Crippen molar-refractivity contribution < 1.29 is 24.2 Å². The normalized spacial score (nSPS) is 9.68. The van der Waals surface area contributed by atoms with E-state index in [9.17, 15) is 14.4 Å². The molecule has 8 heteroatoms. The van der Waals surface area contributed by atoms with Crippen molar-refractivity contribution in [3.05, 3.63) is 24.3 Å². The Hall–Kier alpha value is -2.77. The van der Waals surface area contributed by atoms with Gasteiger partial charge in [-0.05, 0) is 12.1 Å². The van der Waals surface area contributed by atoms with Crippen LogP contribution in [0.25, 0.3) is 0 Å². The SMILES string of the molecule is CC(=O)Nc1cccc(OCCNC(=O)NCCC(=O)O)c1. The first-order valence-electron chi connectivity index (χ1n) is 6.71. The summed E-state index contributed by atoms with van der Waals surface area (Å²) in [7, 11) is 0. The maximum absolute atomic E-state index is 11.3. The molecule has 0 aromatic heterocycles. The highest BCUT2D eigenvalue weighted by Crippen LogP contribution is 2.16. The molecule has 0 aliphatic rings. The number of nitrogens with one attached hydrogen (secondary N) is 3. The molecule has 0 aliphatic heterocycles. The van der Waals surface area contributed by atoms with E-state index in [1.54, 1.807) is 24.3 Å². The second-order valence-electron chi connectivity index (χ2n) is 4.38. The molecule has 0 spiro atoms. The Kier molecular flexibility index (Phi) is 7.24. The van der Waals surface area contributed by atoms with E-state index in [0.717, 1.165) is 0 Å². The molecule has 1 rings (SSSR count). The minimum atomic E-state index is -0.970. The maximum atomic E-state index is 11.3. The molecule has 120 valence electrons. The standard InChI is InChI=1S/C14H19N3O5/c1-10(18)17-11-3-2-4-12(9-11)22-8-7-16-14(21)15-6-5-13(19)20/h2-4,9H,5-8H2,1H3,(H,17,18)(H,19,20)(H2,15,16,21). The van der Waals surface area contributed by atoms with E-state index in [1.807, 2.05) is 0 Å². The van der Waals surface area contributed by atoms with Gasteiger partial charge in [-0.2, -0.15) is 0 Å². The number of urea groups is 1. The van der Waals surface area contributed by atoms with Gasteiger partial charge in [-0.15, -0.1) is 0 Å². The fraction of sp³-hybridized carbons (Fsp3) is 0.357. The highest BCUT2D eigenvalue weighted by atomic mass is 16.5. The summed E-state index contributed by atoms with van der Waals surface area (Å²) < 4.78 is 5.43. The van der Waals surface area contributed by atoms with E-state index in [4.69, 9.17) is 9.84 Å². The summed E-state index contributed by atoms with van der Waals surface area (Å²) >= 11 is 0. The van der Waals surface area contributed by atoms with E-state index in [-0.39, 0.29) is 32.0 Å². The van der Waals surface area contributed by atoms with Gasteiger partial charge >= 0.3 is 12.0 Å². The van der Waals surface area contributed by atoms with Crippen LogP contribution in [0.1, 0.15) is 13.3 Å². The topological polar surface area (TPSA) is 117 Å². The summed E-state index contributed by atoms with van der Waals surface area (Å²) in [5.74, 6) is -0.570. The van der Waals surface area contributed by atoms with Crippen molar-refractivity contribution in [1.29, 1.82) is 0 Å². The predicted octanol–water partition coefficient (Wildman–Crippen LogP) is 0.798. The van der Waals surface area contributed by atoms with Crippen LogP contribution >= 0.6 is 0 Å². The van der Waals surface area contributed by atoms with Gasteiger partial charge in [0.15, 0.2) is 0 Å². The average Bonchev–Trinajstić information content (AvgIpc) is 2.43. The van der Waals surface area contributed by atoms with Crippen LogP contribution in [-0.4, -0.2) is 42.7 Å². The van der Waals surface area contributed by atoms with Gasteiger partial charge in [0.05, 0.1) is 13.0 Å². The van der Waals surface area contributed by atoms with Gasteiger partial charge in [-0.3, -0.25) is 9.59 Å². The third kappa shape index (κ3) is 7.73. The molecule has 8 nitrogen and oxygen atoms in total. The van der Waals surface area contributed by atoms with Crippen LogP contribution in [0.2, 0.25) is 0 Å². The molecule has 0 heterocycles. The Balaban J connectivity index is 2.22. The molecular formula is C14H19N3O5. The minimum Gasteiger partial charge on any atom is -0.492 e. The quantitative estimate of drug-likeness (QED) is 0.530. The molecule has 0 fully saturated rings. The number of ether oxygens (including phenoxy) is 1. The highest BCUT2D eigenvalue weighted by molar-refractivity contribution is 5.88. The second kappa shape index (κ2) is 9.22. The summed E-state index contributed by atoms with van der Waals surface area (Å²) in [6.45, 7) is 2.00. The number of anilines is 1. The number of carbonyl (C=O) groups excluding carboxylic acids is 2. The first kappa shape index (κ1) is 17.3. The number of benzene rings is 1. The third-order valence-corrected chi connectivity index (χ3v) is 2.44. The summed E-state index contributed by atoms with van der Waals surface area (Å²) in [5, 5.41) is 16.0. The molecule has 0 aliphatic carbocycles. The van der Waals surface area contributed by atoms with Crippen molar-refractivity contribution in [2.24, 2.45) is 0 Å². The third-order valence-electron chi connectivity index (χ3n) is 2.44. The Bertz CT molecular complexity index is 533. The summed E-state index contributed by atoms with van der Waals surface area (Å²) in [6.07, 6.45) is -0.125. The molecule has 1 aromatic rings. The Labute approximate surface area is 127 Å². The van der Waals surface area contributed by atoms with Gasteiger partial charge < -0.3 is 25.8 Å². The first-order valence-corrected chi connectivity index (χ1v) is 6.71. The molecule has 0 unspecified atom stereocenters. The molecule has 0 radical (unpaired) electrons. The minimum absolute atomic E-state index is 0.0702. The summed E-state index contributed by atoms with van der Waals surface area (Å²) in [5.41, 5.74) is 0.629. The predicted molar refractivity (Wildman–Crippen MR) is 79.9 cm³/mol. The lowest BCUT2D eigenvalue weighted by Crippen LogP contribution is -2.38. The lowest BCUT2D eigenvalue weighted by molar-refractivity contribution is -0.136. The molecule has 1 aromatic carbocycles. The fourth-order valence-electron chi connectivity index (χ4n) is 1.55. The molecular weight excluding hydrogens is 290 g/mol. The Morgan fingerprint density at radius 1 is 1.18 bits per heavy atom. The Morgan fingerprint density at radius 2 is 1.91 bits per heavy atom. The number of amides is 3. The van der Waals surface area contributed by atoms with Crippen molar-refractivity contribution in [2.75, 3.05) is 25.0 Å². The largest absolute Gasteiger partial charge is 0.492 e. The van der Waals surface area contributed by atoms with Crippen LogP contribution in [-0.2, 0) is 9.59 Å². The smallest absolute Gasteiger partial charge is 0.314 e. The van der Waals surface area contributed by atoms with Crippen molar-refractivity contribution >= 4 is 23.6 Å². The van der Waals surface area contributed by atoms with Crippen LogP contribution in [0, 0.1) is 0 Å².